The summed E-state index contributed by atoms with van der Waals surface area (Å²) in [4.78, 5) is 23.2. The van der Waals surface area contributed by atoms with Crippen molar-refractivity contribution in [3.05, 3.63) is 69.2 Å². The van der Waals surface area contributed by atoms with E-state index in [-0.39, 0.29) is 0 Å². The van der Waals surface area contributed by atoms with Crippen molar-refractivity contribution in [1.29, 1.82) is 0 Å². The molecule has 6 nitrogen and oxygen atoms in total. The summed E-state index contributed by atoms with van der Waals surface area (Å²) in [5.41, 5.74) is 2.60. The number of carboxylic acid groups (broad SMARTS) is 2. The fraction of sp³-hybridized carbons (Fsp3) is 0.300. The predicted molar refractivity (Wildman–Crippen MR) is 111 cm³/mol. The number of nitrogens with zero attached hydrogens (tertiary/aromatic N) is 2. The molecule has 0 atom stereocenters. The Hall–Kier alpha value is -1.93. The lowest BCUT2D eigenvalue weighted by Crippen LogP contribution is -2.45. The van der Waals surface area contributed by atoms with Crippen LogP contribution in [0.1, 0.15) is 11.1 Å². The lowest BCUT2D eigenvalue weighted by molar-refractivity contribution is -0.159. The van der Waals surface area contributed by atoms with Crippen molar-refractivity contribution in [1.82, 2.24) is 9.80 Å². The molecule has 0 bridgehead atoms. The maximum Gasteiger partial charge on any atom is 0.414 e. The van der Waals surface area contributed by atoms with E-state index in [2.05, 4.69) is 62.1 Å². The van der Waals surface area contributed by atoms with Crippen LogP contribution in [0, 0.1) is 0 Å². The van der Waals surface area contributed by atoms with Crippen molar-refractivity contribution < 1.29 is 19.8 Å². The van der Waals surface area contributed by atoms with E-state index in [1.807, 2.05) is 12.1 Å². The molecule has 0 saturated carbocycles. The summed E-state index contributed by atoms with van der Waals surface area (Å²) in [5, 5.41) is 15.7. The second-order valence-corrected chi connectivity index (χ2v) is 7.70. The second-order valence-electron chi connectivity index (χ2n) is 6.38. The number of hydrogen-bond donors (Lipinski definition) is 2. The van der Waals surface area contributed by atoms with Crippen molar-refractivity contribution in [3.8, 4) is 0 Å². The SMILES string of the molecule is Clc1ccccc1CN1CCN(Cc2ccc(Br)cc2)CC1.O=C(O)C(=O)O. The molecule has 1 fully saturated rings. The monoisotopic (exact) mass is 468 g/mol. The van der Waals surface area contributed by atoms with Gasteiger partial charge in [0.15, 0.2) is 0 Å². The Morgan fingerprint density at radius 3 is 1.86 bits per heavy atom. The molecule has 1 aliphatic heterocycles. The third-order valence-corrected chi connectivity index (χ3v) is 5.22. The number of benzene rings is 2. The van der Waals surface area contributed by atoms with Gasteiger partial charge in [0.2, 0.25) is 0 Å². The number of carboxylic acids is 2. The highest BCUT2D eigenvalue weighted by Crippen LogP contribution is 2.18. The molecular formula is C20H22BrClN2O4. The summed E-state index contributed by atoms with van der Waals surface area (Å²) < 4.78 is 1.14. The average molecular weight is 470 g/mol. The summed E-state index contributed by atoms with van der Waals surface area (Å²) in [6, 6.07) is 16.8. The number of carbonyl (C=O) groups is 2. The second kappa shape index (κ2) is 11.2. The maximum atomic E-state index is 9.10. The minimum atomic E-state index is -1.82. The van der Waals surface area contributed by atoms with E-state index in [1.54, 1.807) is 0 Å². The first kappa shape index (κ1) is 22.4. The molecule has 1 saturated heterocycles. The van der Waals surface area contributed by atoms with Gasteiger partial charge < -0.3 is 10.2 Å². The van der Waals surface area contributed by atoms with Crippen LogP contribution in [-0.2, 0) is 22.7 Å². The van der Waals surface area contributed by atoms with Crippen LogP contribution >= 0.6 is 27.5 Å². The molecule has 2 N–H and O–H groups in total. The highest BCUT2D eigenvalue weighted by Gasteiger charge is 2.17. The van der Waals surface area contributed by atoms with Gasteiger partial charge in [-0.3, -0.25) is 9.80 Å². The standard InChI is InChI=1S/C18H20BrClN2.C2H2O4/c19-17-7-5-15(6-8-17)13-21-9-11-22(12-10-21)14-16-3-1-2-4-18(16)20;3-1(4)2(5)6/h1-8H,9-14H2;(H,3,4)(H,5,6). The smallest absolute Gasteiger partial charge is 0.414 e. The zero-order chi connectivity index (χ0) is 20.5. The number of piperazine rings is 1. The Morgan fingerprint density at radius 2 is 1.36 bits per heavy atom. The summed E-state index contributed by atoms with van der Waals surface area (Å²) >= 11 is 9.74. The van der Waals surface area contributed by atoms with Gasteiger partial charge in [-0.2, -0.15) is 0 Å². The summed E-state index contributed by atoms with van der Waals surface area (Å²) in [6.45, 7) is 6.41. The lowest BCUT2D eigenvalue weighted by Gasteiger charge is -2.34. The summed E-state index contributed by atoms with van der Waals surface area (Å²) in [6.07, 6.45) is 0. The Morgan fingerprint density at radius 1 is 0.857 bits per heavy atom. The number of aliphatic carboxylic acids is 2. The van der Waals surface area contributed by atoms with E-state index in [1.165, 1.54) is 11.1 Å². The van der Waals surface area contributed by atoms with Crippen molar-refractivity contribution >= 4 is 39.5 Å². The third kappa shape index (κ3) is 7.59. The zero-order valence-electron chi connectivity index (χ0n) is 15.2. The minimum absolute atomic E-state index is 0.875. The van der Waals surface area contributed by atoms with Crippen LogP contribution in [0.15, 0.2) is 53.0 Å². The first-order valence-corrected chi connectivity index (χ1v) is 9.91. The van der Waals surface area contributed by atoms with E-state index in [0.717, 1.165) is 48.8 Å². The number of hydrogen-bond acceptors (Lipinski definition) is 4. The van der Waals surface area contributed by atoms with Crippen LogP contribution < -0.4 is 0 Å². The largest absolute Gasteiger partial charge is 0.473 e. The maximum absolute atomic E-state index is 9.10. The highest BCUT2D eigenvalue weighted by molar-refractivity contribution is 9.10. The number of rotatable bonds is 4. The molecule has 3 rings (SSSR count). The fourth-order valence-corrected chi connectivity index (χ4v) is 3.28. The normalized spacial score (nSPS) is 14.8. The molecule has 1 heterocycles. The van der Waals surface area contributed by atoms with Gasteiger partial charge in [0, 0.05) is 48.8 Å². The van der Waals surface area contributed by atoms with Gasteiger partial charge in [-0.05, 0) is 29.3 Å². The van der Waals surface area contributed by atoms with Gasteiger partial charge in [-0.15, -0.1) is 0 Å². The molecule has 0 unspecified atom stereocenters. The van der Waals surface area contributed by atoms with Crippen molar-refractivity contribution in [2.45, 2.75) is 13.1 Å². The van der Waals surface area contributed by atoms with Crippen molar-refractivity contribution in [2.24, 2.45) is 0 Å². The molecule has 0 spiro atoms. The molecular weight excluding hydrogens is 448 g/mol. The lowest BCUT2D eigenvalue weighted by atomic mass is 10.1. The quantitative estimate of drug-likeness (QED) is 0.666. The van der Waals surface area contributed by atoms with Crippen molar-refractivity contribution in [3.63, 3.8) is 0 Å². The Bertz CT molecular complexity index is 781. The molecule has 8 heteroatoms. The first-order valence-electron chi connectivity index (χ1n) is 8.74. The van der Waals surface area contributed by atoms with Gasteiger partial charge in [-0.1, -0.05) is 57.9 Å². The number of halogens is 2. The van der Waals surface area contributed by atoms with Crippen molar-refractivity contribution in [2.75, 3.05) is 26.2 Å². The third-order valence-electron chi connectivity index (χ3n) is 4.32. The van der Waals surface area contributed by atoms with Gasteiger partial charge in [-0.25, -0.2) is 9.59 Å². The molecule has 0 amide bonds. The fourth-order valence-electron chi connectivity index (χ4n) is 2.82. The van der Waals surface area contributed by atoms with Gasteiger partial charge in [0.05, 0.1) is 0 Å². The molecule has 0 radical (unpaired) electrons. The molecule has 2 aromatic rings. The zero-order valence-corrected chi connectivity index (χ0v) is 17.6. The molecule has 1 aliphatic rings. The average Bonchev–Trinajstić information content (AvgIpc) is 2.67. The van der Waals surface area contributed by atoms with E-state index >= 15 is 0 Å². The van der Waals surface area contributed by atoms with Crippen LogP contribution in [0.3, 0.4) is 0 Å². The van der Waals surface area contributed by atoms with Crippen LogP contribution in [0.25, 0.3) is 0 Å². The van der Waals surface area contributed by atoms with E-state index < -0.39 is 11.9 Å². The van der Waals surface area contributed by atoms with Gasteiger partial charge in [0.1, 0.15) is 0 Å². The van der Waals surface area contributed by atoms with Crippen LogP contribution in [0.4, 0.5) is 0 Å². The molecule has 150 valence electrons. The van der Waals surface area contributed by atoms with Crippen LogP contribution in [0.2, 0.25) is 5.02 Å². The Balaban J connectivity index is 0.000000409. The van der Waals surface area contributed by atoms with Gasteiger partial charge >= 0.3 is 11.9 Å². The minimum Gasteiger partial charge on any atom is -0.473 e. The van der Waals surface area contributed by atoms with Crippen LogP contribution in [-0.4, -0.2) is 58.1 Å². The Labute approximate surface area is 177 Å². The summed E-state index contributed by atoms with van der Waals surface area (Å²) in [7, 11) is 0. The first-order chi connectivity index (χ1) is 13.3. The molecule has 0 aromatic heterocycles. The highest BCUT2D eigenvalue weighted by atomic mass is 79.9. The molecule has 0 aliphatic carbocycles. The van der Waals surface area contributed by atoms with E-state index in [0.29, 0.717) is 0 Å². The van der Waals surface area contributed by atoms with E-state index in [4.69, 9.17) is 31.4 Å². The molecule has 2 aromatic carbocycles. The summed E-state index contributed by atoms with van der Waals surface area (Å²) in [5.74, 6) is -3.65. The predicted octanol–water partition coefficient (Wildman–Crippen LogP) is 3.58. The van der Waals surface area contributed by atoms with E-state index in [9.17, 15) is 0 Å². The van der Waals surface area contributed by atoms with Gasteiger partial charge in [0.25, 0.3) is 0 Å². The molecule has 28 heavy (non-hydrogen) atoms. The van der Waals surface area contributed by atoms with Crippen LogP contribution in [0.5, 0.6) is 0 Å². The topological polar surface area (TPSA) is 81.1 Å². The Kier molecular flexibility index (Phi) is 8.92.